The third kappa shape index (κ3) is 8.00. The topological polar surface area (TPSA) is 112 Å². The van der Waals surface area contributed by atoms with E-state index in [1.54, 1.807) is 48.3 Å². The first-order chi connectivity index (χ1) is 24.8. The summed E-state index contributed by atoms with van der Waals surface area (Å²) in [4.78, 5) is 41.4. The zero-order chi connectivity index (χ0) is 36.5. The molecule has 3 N–H and O–H groups in total. The number of nitrogens with one attached hydrogen (secondary N) is 3. The molecule has 4 aromatic carbocycles. The Morgan fingerprint density at radius 1 is 0.882 bits per heavy atom. The third-order valence-corrected chi connectivity index (χ3v) is 8.79. The van der Waals surface area contributed by atoms with Gasteiger partial charge in [-0.2, -0.15) is 5.10 Å². The highest BCUT2D eigenvalue weighted by atomic mass is 19.1. The Kier molecular flexibility index (Phi) is 12.3. The highest BCUT2D eigenvalue weighted by molar-refractivity contribution is 6.12. The van der Waals surface area contributed by atoms with Crippen LogP contribution in [-0.4, -0.2) is 74.7 Å². The van der Waals surface area contributed by atoms with Gasteiger partial charge in [0.1, 0.15) is 12.1 Å². The van der Waals surface area contributed by atoms with Crippen molar-refractivity contribution in [1.29, 1.82) is 0 Å². The number of aldehydes is 1. The lowest BCUT2D eigenvalue weighted by Crippen LogP contribution is -2.43. The van der Waals surface area contributed by atoms with Crippen LogP contribution in [0.1, 0.15) is 47.5 Å². The van der Waals surface area contributed by atoms with Gasteiger partial charge in [-0.25, -0.2) is 4.39 Å². The second kappa shape index (κ2) is 17.0. The number of hydrogen-bond acceptors (Lipinski definition) is 7. The quantitative estimate of drug-likeness (QED) is 0.167. The van der Waals surface area contributed by atoms with Gasteiger partial charge >= 0.3 is 0 Å². The molecule has 0 unspecified atom stereocenters. The van der Waals surface area contributed by atoms with Crippen molar-refractivity contribution in [3.8, 4) is 22.3 Å². The molecular formula is C40H46FN7O3. The third-order valence-electron chi connectivity index (χ3n) is 8.79. The first-order valence-corrected chi connectivity index (χ1v) is 17.4. The largest absolute Gasteiger partial charge is 0.369 e. The maximum absolute atomic E-state index is 16.8. The molecule has 11 heteroatoms. The molecule has 0 saturated carbocycles. The lowest BCUT2D eigenvalue weighted by Gasteiger charge is -2.29. The Bertz CT molecular complexity index is 2000. The van der Waals surface area contributed by atoms with Crippen molar-refractivity contribution < 1.29 is 18.8 Å². The van der Waals surface area contributed by atoms with Crippen LogP contribution in [0.25, 0.3) is 33.2 Å². The van der Waals surface area contributed by atoms with Gasteiger partial charge < -0.3 is 25.8 Å². The molecule has 2 fully saturated rings. The molecule has 3 heterocycles. The van der Waals surface area contributed by atoms with E-state index in [-0.39, 0.29) is 17.0 Å². The summed E-state index contributed by atoms with van der Waals surface area (Å²) in [7, 11) is 5.42. The number of fused-ring (bicyclic) bond motifs is 1. The van der Waals surface area contributed by atoms with Gasteiger partial charge in [-0.1, -0.05) is 44.2 Å². The fraction of sp³-hybridized carbons (Fsp3) is 0.300. The first-order valence-electron chi connectivity index (χ1n) is 17.4. The molecule has 0 spiro atoms. The van der Waals surface area contributed by atoms with Crippen LogP contribution in [0.4, 0.5) is 21.5 Å². The summed E-state index contributed by atoms with van der Waals surface area (Å²) in [5, 5.41) is 13.4. The number of amides is 2. The summed E-state index contributed by atoms with van der Waals surface area (Å²) in [6, 6.07) is 23.9. The van der Waals surface area contributed by atoms with Crippen LogP contribution in [0, 0.1) is 5.82 Å². The second-order valence-electron chi connectivity index (χ2n) is 12.2. The summed E-state index contributed by atoms with van der Waals surface area (Å²) in [5.74, 6) is -1.08. The van der Waals surface area contributed by atoms with Gasteiger partial charge in [-0.05, 0) is 85.7 Å². The van der Waals surface area contributed by atoms with Gasteiger partial charge in [0.15, 0.2) is 5.69 Å². The Labute approximate surface area is 298 Å². The van der Waals surface area contributed by atoms with Crippen LogP contribution in [-0.2, 0) is 11.8 Å². The number of aryl methyl sites for hydroxylation is 1. The minimum Gasteiger partial charge on any atom is -0.369 e. The fourth-order valence-corrected chi connectivity index (χ4v) is 6.43. The predicted molar refractivity (Wildman–Crippen MR) is 204 cm³/mol. The number of hydrogen-bond donors (Lipinski definition) is 3. The van der Waals surface area contributed by atoms with Crippen molar-refractivity contribution in [2.24, 2.45) is 7.05 Å². The Hall–Kier alpha value is -5.39. The molecule has 2 aliphatic rings. The number of benzene rings is 4. The molecule has 2 saturated heterocycles. The van der Waals surface area contributed by atoms with Gasteiger partial charge in [-0.15, -0.1) is 0 Å². The molecule has 51 heavy (non-hydrogen) atoms. The van der Waals surface area contributed by atoms with Crippen molar-refractivity contribution in [2.45, 2.75) is 26.7 Å². The van der Waals surface area contributed by atoms with E-state index in [9.17, 15) is 14.4 Å². The van der Waals surface area contributed by atoms with E-state index in [2.05, 4.69) is 38.1 Å². The molecule has 2 amide bonds. The van der Waals surface area contributed by atoms with Gasteiger partial charge in [0.05, 0.1) is 10.9 Å². The van der Waals surface area contributed by atoms with E-state index in [0.717, 1.165) is 55.1 Å². The highest BCUT2D eigenvalue weighted by Crippen LogP contribution is 2.40. The standard InChI is InChI=1S/C36H33FN6O3.C2H7N.C2H6/c1-41-31-14-13-29(34(37)33(31)35(40-41)36(46)39-25-5-2-4-23(20-25)22-44)28-12-11-27(43-17-3-6-32(43)45)21-30(28)24-7-9-26(10-8-24)42-18-15-38-16-19-42;1-3-2;1-2/h2,4-5,7-14,20-22,38H,3,6,15-19H2,1H3,(H,39,46);3H,1-2H3;1-2H3. The SMILES string of the molecule is CC.CNC.Cn1nc(C(=O)Nc2cccc(C=O)c2)c2c(F)c(-c3ccc(N4CCCC4=O)cc3-c3ccc(N4CCNCC4)cc3)ccc21. The van der Waals surface area contributed by atoms with Crippen LogP contribution in [0.5, 0.6) is 0 Å². The molecule has 2 aliphatic heterocycles. The molecular weight excluding hydrogens is 645 g/mol. The van der Waals surface area contributed by atoms with E-state index in [1.165, 1.54) is 4.68 Å². The summed E-state index contributed by atoms with van der Waals surface area (Å²) in [6.07, 6.45) is 2.00. The highest BCUT2D eigenvalue weighted by Gasteiger charge is 2.26. The van der Waals surface area contributed by atoms with Gasteiger partial charge in [-0.3, -0.25) is 19.1 Å². The molecule has 10 nitrogen and oxygen atoms in total. The van der Waals surface area contributed by atoms with Crippen LogP contribution in [0.2, 0.25) is 0 Å². The van der Waals surface area contributed by atoms with E-state index >= 15 is 4.39 Å². The minimum atomic E-state index is -0.587. The average molecular weight is 692 g/mol. The van der Waals surface area contributed by atoms with Crippen molar-refractivity contribution in [3.05, 3.63) is 95.9 Å². The Balaban J connectivity index is 0.000000959. The summed E-state index contributed by atoms with van der Waals surface area (Å²) in [6.45, 7) is 8.35. The Morgan fingerprint density at radius 3 is 2.24 bits per heavy atom. The zero-order valence-electron chi connectivity index (χ0n) is 29.9. The lowest BCUT2D eigenvalue weighted by molar-refractivity contribution is -0.117. The fourth-order valence-electron chi connectivity index (χ4n) is 6.43. The number of rotatable bonds is 7. The predicted octanol–water partition coefficient (Wildman–Crippen LogP) is 6.51. The van der Waals surface area contributed by atoms with Crippen molar-refractivity contribution >= 4 is 46.1 Å². The lowest BCUT2D eigenvalue weighted by atomic mass is 9.92. The molecule has 0 aliphatic carbocycles. The summed E-state index contributed by atoms with van der Waals surface area (Å²) >= 11 is 0. The maximum atomic E-state index is 16.8. The monoisotopic (exact) mass is 691 g/mol. The number of carbonyl (C=O) groups excluding carboxylic acids is 3. The van der Waals surface area contributed by atoms with Crippen LogP contribution in [0.3, 0.4) is 0 Å². The normalized spacial score (nSPS) is 14.0. The number of anilines is 3. The minimum absolute atomic E-state index is 0.0606. The van der Waals surface area contributed by atoms with E-state index < -0.39 is 11.7 Å². The summed E-state index contributed by atoms with van der Waals surface area (Å²) in [5.41, 5.74) is 5.74. The van der Waals surface area contributed by atoms with Crippen LogP contribution in [0.15, 0.2) is 78.9 Å². The van der Waals surface area contributed by atoms with E-state index in [4.69, 9.17) is 0 Å². The van der Waals surface area contributed by atoms with Gasteiger partial charge in [0, 0.05) is 74.4 Å². The van der Waals surface area contributed by atoms with Crippen molar-refractivity contribution in [1.82, 2.24) is 20.4 Å². The average Bonchev–Trinajstić information content (AvgIpc) is 3.76. The molecule has 1 aromatic heterocycles. The zero-order valence-corrected chi connectivity index (χ0v) is 29.9. The molecule has 0 atom stereocenters. The number of aromatic nitrogens is 2. The molecule has 0 bridgehead atoms. The smallest absolute Gasteiger partial charge is 0.276 e. The van der Waals surface area contributed by atoms with Gasteiger partial charge in [0.2, 0.25) is 5.91 Å². The second-order valence-corrected chi connectivity index (χ2v) is 12.2. The van der Waals surface area contributed by atoms with Crippen LogP contribution < -0.4 is 25.8 Å². The number of halogens is 1. The first kappa shape index (κ1) is 36.9. The van der Waals surface area contributed by atoms with Crippen molar-refractivity contribution in [3.63, 3.8) is 0 Å². The van der Waals surface area contributed by atoms with E-state index in [0.29, 0.717) is 47.1 Å². The van der Waals surface area contributed by atoms with Gasteiger partial charge in [0.25, 0.3) is 5.91 Å². The molecule has 266 valence electrons. The Morgan fingerprint density at radius 2 is 1.57 bits per heavy atom. The van der Waals surface area contributed by atoms with Crippen molar-refractivity contribution in [2.75, 3.05) is 61.9 Å². The number of nitrogens with zero attached hydrogens (tertiary/aromatic N) is 4. The number of piperazine rings is 1. The summed E-state index contributed by atoms with van der Waals surface area (Å²) < 4.78 is 18.2. The molecule has 5 aromatic rings. The number of carbonyl (C=O) groups is 3. The van der Waals surface area contributed by atoms with Crippen LogP contribution >= 0.6 is 0 Å². The van der Waals surface area contributed by atoms with E-state index in [1.807, 2.05) is 58.3 Å². The maximum Gasteiger partial charge on any atom is 0.276 e. The molecule has 0 radical (unpaired) electrons. The molecule has 7 rings (SSSR count).